The van der Waals surface area contributed by atoms with E-state index in [1.807, 2.05) is 0 Å². The Kier molecular flexibility index (Phi) is 4.05. The molecule has 0 aromatic carbocycles. The molecule has 2 saturated heterocycles. The zero-order valence-corrected chi connectivity index (χ0v) is 12.3. The smallest absolute Gasteiger partial charge is 0.257 e. The van der Waals surface area contributed by atoms with Crippen LogP contribution in [0, 0.1) is 5.82 Å². The van der Waals surface area contributed by atoms with Crippen LogP contribution in [-0.2, 0) is 0 Å². The molecule has 3 rings (SSSR count). The molecule has 0 aliphatic carbocycles. The molecule has 1 atom stereocenters. The minimum Gasteiger partial charge on any atom is -0.371 e. The topological polar surface area (TPSA) is 48.5 Å². The molecule has 0 radical (unpaired) electrons. The van der Waals surface area contributed by atoms with Gasteiger partial charge >= 0.3 is 0 Å². The summed E-state index contributed by atoms with van der Waals surface area (Å²) >= 11 is 0. The molecule has 1 unspecified atom stereocenters. The SMILES string of the molecule is CNc1nccc(C(=O)N2CCC(N3CCCC3)C2)c1F. The lowest BCUT2D eigenvalue weighted by atomic mass is 10.2. The number of carbonyl (C=O) groups is 1. The zero-order valence-electron chi connectivity index (χ0n) is 12.3. The molecular weight excluding hydrogens is 271 g/mol. The summed E-state index contributed by atoms with van der Waals surface area (Å²) in [7, 11) is 1.60. The number of hydrogen-bond donors (Lipinski definition) is 1. The number of nitrogens with one attached hydrogen (secondary N) is 1. The molecular formula is C15H21FN4O. The molecule has 3 heterocycles. The summed E-state index contributed by atoms with van der Waals surface area (Å²) in [6, 6.07) is 1.90. The fourth-order valence-corrected chi connectivity index (χ4v) is 3.28. The molecule has 2 aliphatic heterocycles. The first kappa shape index (κ1) is 14.3. The number of hydrogen-bond acceptors (Lipinski definition) is 4. The molecule has 21 heavy (non-hydrogen) atoms. The molecule has 1 aromatic rings. The van der Waals surface area contributed by atoms with Gasteiger partial charge in [0.15, 0.2) is 11.6 Å². The van der Waals surface area contributed by atoms with E-state index in [0.717, 1.165) is 19.5 Å². The van der Waals surface area contributed by atoms with E-state index in [1.165, 1.54) is 25.1 Å². The highest BCUT2D eigenvalue weighted by Gasteiger charge is 2.33. The lowest BCUT2D eigenvalue weighted by Gasteiger charge is -2.23. The van der Waals surface area contributed by atoms with E-state index in [2.05, 4.69) is 15.2 Å². The number of likely N-dealkylation sites (tertiary alicyclic amines) is 2. The normalized spacial score (nSPS) is 22.8. The van der Waals surface area contributed by atoms with Gasteiger partial charge in [0.1, 0.15) is 0 Å². The van der Waals surface area contributed by atoms with Crippen molar-refractivity contribution in [1.29, 1.82) is 0 Å². The van der Waals surface area contributed by atoms with Gasteiger partial charge in [-0.25, -0.2) is 9.37 Å². The van der Waals surface area contributed by atoms with Crippen molar-refractivity contribution >= 4 is 11.7 Å². The summed E-state index contributed by atoms with van der Waals surface area (Å²) in [5.74, 6) is -0.668. The van der Waals surface area contributed by atoms with E-state index in [4.69, 9.17) is 0 Å². The van der Waals surface area contributed by atoms with Crippen LogP contribution in [0.25, 0.3) is 0 Å². The molecule has 114 valence electrons. The molecule has 0 spiro atoms. The average Bonchev–Trinajstić information content (AvgIpc) is 3.17. The second kappa shape index (κ2) is 5.97. The van der Waals surface area contributed by atoms with Crippen molar-refractivity contribution in [1.82, 2.24) is 14.8 Å². The van der Waals surface area contributed by atoms with Crippen LogP contribution < -0.4 is 5.32 Å². The van der Waals surface area contributed by atoms with Gasteiger partial charge in [0.25, 0.3) is 5.91 Å². The predicted octanol–water partition coefficient (Wildman–Crippen LogP) is 1.57. The van der Waals surface area contributed by atoms with Gasteiger partial charge in [-0.1, -0.05) is 0 Å². The van der Waals surface area contributed by atoms with Crippen LogP contribution in [0.5, 0.6) is 0 Å². The van der Waals surface area contributed by atoms with Gasteiger partial charge in [-0.05, 0) is 38.4 Å². The molecule has 1 aromatic heterocycles. The number of aromatic nitrogens is 1. The molecule has 1 N–H and O–H groups in total. The fraction of sp³-hybridized carbons (Fsp3) is 0.600. The fourth-order valence-electron chi connectivity index (χ4n) is 3.28. The summed E-state index contributed by atoms with van der Waals surface area (Å²) in [5.41, 5.74) is 0.108. The third-order valence-electron chi connectivity index (χ3n) is 4.46. The minimum absolute atomic E-state index is 0.108. The van der Waals surface area contributed by atoms with Crippen LogP contribution in [0.4, 0.5) is 10.2 Å². The van der Waals surface area contributed by atoms with Gasteiger partial charge in [-0.2, -0.15) is 0 Å². The van der Waals surface area contributed by atoms with E-state index >= 15 is 0 Å². The van der Waals surface area contributed by atoms with Gasteiger partial charge in [0.2, 0.25) is 0 Å². The van der Waals surface area contributed by atoms with Crippen LogP contribution in [0.3, 0.4) is 0 Å². The molecule has 1 amide bonds. The summed E-state index contributed by atoms with van der Waals surface area (Å²) in [5, 5.41) is 2.67. The Labute approximate surface area is 124 Å². The maximum absolute atomic E-state index is 14.2. The van der Waals surface area contributed by atoms with Crippen molar-refractivity contribution in [3.8, 4) is 0 Å². The first-order valence-corrected chi connectivity index (χ1v) is 7.56. The Morgan fingerprint density at radius 1 is 1.38 bits per heavy atom. The zero-order chi connectivity index (χ0) is 14.8. The second-order valence-electron chi connectivity index (χ2n) is 5.71. The van der Waals surface area contributed by atoms with Crippen molar-refractivity contribution < 1.29 is 9.18 Å². The summed E-state index contributed by atoms with van der Waals surface area (Å²) in [6.45, 7) is 3.66. The number of pyridine rings is 1. The Bertz CT molecular complexity index is 530. The predicted molar refractivity (Wildman–Crippen MR) is 78.9 cm³/mol. The van der Waals surface area contributed by atoms with Gasteiger partial charge < -0.3 is 10.2 Å². The number of amides is 1. The van der Waals surface area contributed by atoms with Crippen LogP contribution >= 0.6 is 0 Å². The third kappa shape index (κ3) is 2.72. The third-order valence-corrected chi connectivity index (χ3v) is 4.46. The summed E-state index contributed by atoms with van der Waals surface area (Å²) < 4.78 is 14.2. The Morgan fingerprint density at radius 2 is 2.14 bits per heavy atom. The molecule has 5 nitrogen and oxygen atoms in total. The lowest BCUT2D eigenvalue weighted by Crippen LogP contribution is -2.37. The van der Waals surface area contributed by atoms with Crippen molar-refractivity contribution in [2.45, 2.75) is 25.3 Å². The number of halogens is 1. The van der Waals surface area contributed by atoms with E-state index in [1.54, 1.807) is 11.9 Å². The van der Waals surface area contributed by atoms with Crippen molar-refractivity contribution in [3.63, 3.8) is 0 Å². The van der Waals surface area contributed by atoms with Gasteiger partial charge in [-0.3, -0.25) is 9.69 Å². The number of nitrogens with zero attached hydrogens (tertiary/aromatic N) is 3. The Morgan fingerprint density at radius 3 is 2.86 bits per heavy atom. The molecule has 2 fully saturated rings. The van der Waals surface area contributed by atoms with E-state index in [-0.39, 0.29) is 17.3 Å². The average molecular weight is 292 g/mol. The van der Waals surface area contributed by atoms with Crippen LogP contribution in [0.15, 0.2) is 12.3 Å². The second-order valence-corrected chi connectivity index (χ2v) is 5.71. The Balaban J connectivity index is 1.71. The quantitative estimate of drug-likeness (QED) is 0.919. The number of carbonyl (C=O) groups excluding carboxylic acids is 1. The Hall–Kier alpha value is -1.69. The van der Waals surface area contributed by atoms with Gasteiger partial charge in [0.05, 0.1) is 5.56 Å². The summed E-state index contributed by atoms with van der Waals surface area (Å²) in [4.78, 5) is 20.6. The standard InChI is InChI=1S/C15H21FN4O/c1-17-14-13(16)12(4-6-18-14)15(21)20-9-5-11(10-20)19-7-2-3-8-19/h4,6,11H,2-3,5,7-10H2,1H3,(H,17,18). The highest BCUT2D eigenvalue weighted by atomic mass is 19.1. The maximum atomic E-state index is 14.2. The van der Waals surface area contributed by atoms with Crippen LogP contribution in [0.1, 0.15) is 29.6 Å². The highest BCUT2D eigenvalue weighted by Crippen LogP contribution is 2.23. The maximum Gasteiger partial charge on any atom is 0.257 e. The van der Waals surface area contributed by atoms with Crippen molar-refractivity contribution in [3.05, 3.63) is 23.6 Å². The van der Waals surface area contributed by atoms with Crippen molar-refractivity contribution in [2.75, 3.05) is 38.5 Å². The van der Waals surface area contributed by atoms with Gasteiger partial charge in [-0.15, -0.1) is 0 Å². The molecule has 0 bridgehead atoms. The molecule has 0 saturated carbocycles. The number of anilines is 1. The van der Waals surface area contributed by atoms with Gasteiger partial charge in [0, 0.05) is 32.4 Å². The number of rotatable bonds is 3. The van der Waals surface area contributed by atoms with Crippen LogP contribution in [0.2, 0.25) is 0 Å². The first-order chi connectivity index (χ1) is 10.2. The molecule has 2 aliphatic rings. The lowest BCUT2D eigenvalue weighted by molar-refractivity contribution is 0.0775. The van der Waals surface area contributed by atoms with E-state index in [0.29, 0.717) is 19.1 Å². The highest BCUT2D eigenvalue weighted by molar-refractivity contribution is 5.95. The van der Waals surface area contributed by atoms with Crippen LogP contribution in [-0.4, -0.2) is 60.0 Å². The first-order valence-electron chi connectivity index (χ1n) is 7.56. The van der Waals surface area contributed by atoms with E-state index in [9.17, 15) is 9.18 Å². The monoisotopic (exact) mass is 292 g/mol. The van der Waals surface area contributed by atoms with E-state index < -0.39 is 5.82 Å². The minimum atomic E-state index is -0.561. The largest absolute Gasteiger partial charge is 0.371 e. The van der Waals surface area contributed by atoms with Crippen molar-refractivity contribution in [2.24, 2.45) is 0 Å². The summed E-state index contributed by atoms with van der Waals surface area (Å²) in [6.07, 6.45) is 4.94. The molecule has 6 heteroatoms.